The lowest BCUT2D eigenvalue weighted by atomic mass is 9.86. The Balaban J connectivity index is 1.77. The predicted octanol–water partition coefficient (Wildman–Crippen LogP) is 7.02. The van der Waals surface area contributed by atoms with E-state index in [9.17, 15) is 23.1 Å². The zero-order valence-electron chi connectivity index (χ0n) is 18.2. The number of alkyl halides is 3. The summed E-state index contributed by atoms with van der Waals surface area (Å²) in [6.07, 6.45) is -4.81. The van der Waals surface area contributed by atoms with E-state index >= 15 is 0 Å². The average Bonchev–Trinajstić information content (AvgIpc) is 2.70. The van der Waals surface area contributed by atoms with Crippen LogP contribution in [0.3, 0.4) is 0 Å². The SMILES string of the molecule is CC(C)(C)c1ccccc1Oc1cccc(O)c1NC(=O)Nc1ccc(OC(F)(F)F)cc1. The van der Waals surface area contributed by atoms with Gasteiger partial charge in [0.2, 0.25) is 0 Å². The molecule has 0 saturated carbocycles. The van der Waals surface area contributed by atoms with Gasteiger partial charge in [-0.25, -0.2) is 4.79 Å². The number of amides is 2. The van der Waals surface area contributed by atoms with Gasteiger partial charge in [-0.3, -0.25) is 0 Å². The maximum Gasteiger partial charge on any atom is 0.573 e. The summed E-state index contributed by atoms with van der Waals surface area (Å²) >= 11 is 0. The van der Waals surface area contributed by atoms with Gasteiger partial charge in [0.1, 0.15) is 22.9 Å². The van der Waals surface area contributed by atoms with Crippen molar-refractivity contribution in [1.29, 1.82) is 0 Å². The zero-order chi connectivity index (χ0) is 24.2. The molecule has 9 heteroatoms. The summed E-state index contributed by atoms with van der Waals surface area (Å²) in [7, 11) is 0. The van der Waals surface area contributed by atoms with Crippen LogP contribution in [-0.2, 0) is 5.41 Å². The normalized spacial score (nSPS) is 11.6. The number of aromatic hydroxyl groups is 1. The van der Waals surface area contributed by atoms with Crippen LogP contribution in [0.4, 0.5) is 29.3 Å². The lowest BCUT2D eigenvalue weighted by molar-refractivity contribution is -0.274. The first-order valence-corrected chi connectivity index (χ1v) is 9.95. The Morgan fingerprint density at radius 2 is 1.48 bits per heavy atom. The highest BCUT2D eigenvalue weighted by molar-refractivity contribution is 6.01. The number of benzene rings is 3. The van der Waals surface area contributed by atoms with Gasteiger partial charge >= 0.3 is 12.4 Å². The molecule has 0 saturated heterocycles. The summed E-state index contributed by atoms with van der Waals surface area (Å²) in [6, 6.07) is 15.9. The van der Waals surface area contributed by atoms with Crippen molar-refractivity contribution >= 4 is 17.4 Å². The minimum atomic E-state index is -4.81. The van der Waals surface area contributed by atoms with E-state index in [4.69, 9.17) is 4.74 Å². The molecule has 3 aromatic carbocycles. The molecule has 0 atom stereocenters. The van der Waals surface area contributed by atoms with Crippen molar-refractivity contribution in [3.63, 3.8) is 0 Å². The van der Waals surface area contributed by atoms with Crippen LogP contribution < -0.4 is 20.1 Å². The fraction of sp³-hybridized carbons (Fsp3) is 0.208. The van der Waals surface area contributed by atoms with Crippen LogP contribution in [0, 0.1) is 0 Å². The summed E-state index contributed by atoms with van der Waals surface area (Å²) in [4.78, 5) is 12.5. The third-order valence-electron chi connectivity index (χ3n) is 4.50. The second-order valence-corrected chi connectivity index (χ2v) is 8.15. The molecule has 33 heavy (non-hydrogen) atoms. The average molecular weight is 460 g/mol. The molecule has 2 amide bonds. The summed E-state index contributed by atoms with van der Waals surface area (Å²) in [5.74, 6) is 0.155. The summed E-state index contributed by atoms with van der Waals surface area (Å²) in [5, 5.41) is 15.3. The Kier molecular flexibility index (Phi) is 6.71. The van der Waals surface area contributed by atoms with Gasteiger partial charge < -0.3 is 25.2 Å². The largest absolute Gasteiger partial charge is 0.573 e. The van der Waals surface area contributed by atoms with Crippen molar-refractivity contribution in [2.75, 3.05) is 10.6 Å². The van der Waals surface area contributed by atoms with E-state index in [0.717, 1.165) is 17.7 Å². The molecule has 0 heterocycles. The molecule has 0 aromatic heterocycles. The third-order valence-corrected chi connectivity index (χ3v) is 4.50. The third kappa shape index (κ3) is 6.55. The standard InChI is InChI=1S/C24H23F3N2O4/c1-23(2,3)17-7-4-5-9-19(17)32-20-10-6-8-18(30)21(20)29-22(31)28-15-11-13-16(14-12-15)33-24(25,26)27/h4-14,30H,1-3H3,(H2,28,29,31). The number of nitrogens with one attached hydrogen (secondary N) is 2. The van der Waals surface area contributed by atoms with E-state index in [2.05, 4.69) is 15.4 Å². The van der Waals surface area contributed by atoms with E-state index in [1.165, 1.54) is 18.2 Å². The highest BCUT2D eigenvalue weighted by Gasteiger charge is 2.31. The molecule has 0 unspecified atom stereocenters. The number of phenols is 1. The number of phenolic OH excluding ortho intramolecular Hbond substituents is 1. The number of para-hydroxylation sites is 2. The van der Waals surface area contributed by atoms with Crippen molar-refractivity contribution in [3.05, 3.63) is 72.3 Å². The molecule has 3 rings (SSSR count). The number of hydrogen-bond donors (Lipinski definition) is 3. The molecule has 0 spiro atoms. The fourth-order valence-corrected chi connectivity index (χ4v) is 3.04. The lowest BCUT2D eigenvalue weighted by Crippen LogP contribution is -2.20. The Morgan fingerprint density at radius 1 is 0.848 bits per heavy atom. The van der Waals surface area contributed by atoms with Crippen LogP contribution >= 0.6 is 0 Å². The molecule has 0 aliphatic carbocycles. The van der Waals surface area contributed by atoms with Gasteiger partial charge in [0, 0.05) is 11.3 Å². The molecular weight excluding hydrogens is 437 g/mol. The highest BCUT2D eigenvalue weighted by atomic mass is 19.4. The van der Waals surface area contributed by atoms with Gasteiger partial charge in [-0.05, 0) is 47.9 Å². The van der Waals surface area contributed by atoms with Gasteiger partial charge in [-0.1, -0.05) is 45.0 Å². The van der Waals surface area contributed by atoms with Crippen molar-refractivity contribution < 1.29 is 32.5 Å². The molecule has 3 N–H and O–H groups in total. The summed E-state index contributed by atoms with van der Waals surface area (Å²) in [5.41, 5.74) is 0.985. The first-order chi connectivity index (χ1) is 15.4. The van der Waals surface area contributed by atoms with Crippen molar-refractivity contribution in [2.45, 2.75) is 32.5 Å². The van der Waals surface area contributed by atoms with E-state index in [0.29, 0.717) is 5.75 Å². The first-order valence-electron chi connectivity index (χ1n) is 9.95. The first kappa shape index (κ1) is 23.8. The second-order valence-electron chi connectivity index (χ2n) is 8.15. The Morgan fingerprint density at radius 3 is 2.12 bits per heavy atom. The number of anilines is 2. The Labute approximate surface area is 189 Å². The van der Waals surface area contributed by atoms with Gasteiger partial charge in [-0.2, -0.15) is 0 Å². The number of hydrogen-bond acceptors (Lipinski definition) is 4. The van der Waals surface area contributed by atoms with Crippen LogP contribution in [0.2, 0.25) is 0 Å². The van der Waals surface area contributed by atoms with Crippen molar-refractivity contribution in [1.82, 2.24) is 0 Å². The monoisotopic (exact) mass is 460 g/mol. The molecule has 174 valence electrons. The predicted molar refractivity (Wildman–Crippen MR) is 119 cm³/mol. The van der Waals surface area contributed by atoms with Gasteiger partial charge in [0.05, 0.1) is 0 Å². The maximum absolute atomic E-state index is 12.5. The minimum absolute atomic E-state index is 0.0377. The van der Waals surface area contributed by atoms with Crippen LogP contribution in [0.25, 0.3) is 0 Å². The van der Waals surface area contributed by atoms with Crippen molar-refractivity contribution in [3.8, 4) is 23.0 Å². The Bertz CT molecular complexity index is 1120. The zero-order valence-corrected chi connectivity index (χ0v) is 18.2. The number of rotatable bonds is 5. The number of ether oxygens (including phenoxy) is 2. The highest BCUT2D eigenvalue weighted by Crippen LogP contribution is 2.40. The van der Waals surface area contributed by atoms with Gasteiger partial charge in [-0.15, -0.1) is 13.2 Å². The number of carbonyl (C=O) groups is 1. The minimum Gasteiger partial charge on any atom is -0.506 e. The molecule has 6 nitrogen and oxygen atoms in total. The number of urea groups is 1. The van der Waals surface area contributed by atoms with Crippen LogP contribution in [0.5, 0.6) is 23.0 Å². The van der Waals surface area contributed by atoms with Crippen molar-refractivity contribution in [2.24, 2.45) is 0 Å². The molecule has 3 aromatic rings. The maximum atomic E-state index is 12.5. The molecule has 0 aliphatic rings. The van der Waals surface area contributed by atoms with E-state index in [1.807, 2.05) is 39.0 Å². The topological polar surface area (TPSA) is 79.8 Å². The van der Waals surface area contributed by atoms with Crippen LogP contribution in [-0.4, -0.2) is 17.5 Å². The smallest absolute Gasteiger partial charge is 0.506 e. The fourth-order valence-electron chi connectivity index (χ4n) is 3.04. The Hall–Kier alpha value is -3.88. The van der Waals surface area contributed by atoms with E-state index < -0.39 is 18.1 Å². The van der Waals surface area contributed by atoms with Crippen LogP contribution in [0.1, 0.15) is 26.3 Å². The molecule has 0 radical (unpaired) electrons. The molecule has 0 bridgehead atoms. The summed E-state index contributed by atoms with van der Waals surface area (Å²) in [6.45, 7) is 6.11. The summed E-state index contributed by atoms with van der Waals surface area (Å²) < 4.78 is 46.7. The quantitative estimate of drug-likeness (QED) is 0.357. The second kappa shape index (κ2) is 9.32. The van der Waals surface area contributed by atoms with Gasteiger partial charge in [0.15, 0.2) is 5.75 Å². The van der Waals surface area contributed by atoms with E-state index in [1.54, 1.807) is 18.2 Å². The molecule has 0 aliphatic heterocycles. The van der Waals surface area contributed by atoms with Crippen LogP contribution in [0.15, 0.2) is 66.7 Å². The van der Waals surface area contributed by atoms with E-state index in [-0.39, 0.29) is 28.3 Å². The van der Waals surface area contributed by atoms with Gasteiger partial charge in [0.25, 0.3) is 0 Å². The lowest BCUT2D eigenvalue weighted by Gasteiger charge is -2.23. The molecule has 0 fully saturated rings. The number of halogens is 3. The molecular formula is C24H23F3N2O4. The number of carbonyl (C=O) groups excluding carboxylic acids is 1.